The minimum Gasteiger partial charge on any atom is -0.384 e. The fourth-order valence-corrected chi connectivity index (χ4v) is 2.31. The summed E-state index contributed by atoms with van der Waals surface area (Å²) in [4.78, 5) is 12.4. The highest BCUT2D eigenvalue weighted by molar-refractivity contribution is 5.65. The molecule has 0 bridgehead atoms. The zero-order valence-corrected chi connectivity index (χ0v) is 10.6. The van der Waals surface area contributed by atoms with Crippen molar-refractivity contribution >= 4 is 5.69 Å². The molecule has 2 aromatic heterocycles. The Balaban J connectivity index is 1.72. The second-order valence-corrected chi connectivity index (χ2v) is 4.57. The molecule has 98 valence electrons. The molecule has 0 amide bonds. The first-order chi connectivity index (χ1) is 9.90. The van der Waals surface area contributed by atoms with E-state index >= 15 is 0 Å². The second-order valence-electron chi connectivity index (χ2n) is 4.57. The van der Waals surface area contributed by atoms with E-state index in [1.807, 2.05) is 12.1 Å². The lowest BCUT2D eigenvalue weighted by Crippen LogP contribution is -1.90. The third-order valence-corrected chi connectivity index (χ3v) is 3.30. The summed E-state index contributed by atoms with van der Waals surface area (Å²) in [5, 5.41) is 7.29. The van der Waals surface area contributed by atoms with Crippen LogP contribution in [0.15, 0.2) is 41.3 Å². The zero-order valence-electron chi connectivity index (χ0n) is 10.6. The highest BCUT2D eigenvalue weighted by Gasteiger charge is 2.15. The number of fused-ring (bicyclic) bond motifs is 1. The first-order valence-corrected chi connectivity index (χ1v) is 6.37. The molecular weight excluding hydrogens is 254 g/mol. The number of anilines is 1. The van der Waals surface area contributed by atoms with Crippen LogP contribution in [-0.4, -0.2) is 26.7 Å². The molecule has 0 aliphatic carbocycles. The number of nitrogens with one attached hydrogen (secondary N) is 1. The van der Waals surface area contributed by atoms with E-state index in [2.05, 4.69) is 31.5 Å². The van der Waals surface area contributed by atoms with Crippen LogP contribution in [0.5, 0.6) is 0 Å². The Bertz CT molecular complexity index is 753. The summed E-state index contributed by atoms with van der Waals surface area (Å²) in [7, 11) is 0. The van der Waals surface area contributed by atoms with Crippen molar-refractivity contribution in [2.45, 2.75) is 6.42 Å². The number of hydrogen-bond acceptors (Lipinski definition) is 6. The van der Waals surface area contributed by atoms with Crippen LogP contribution in [0.25, 0.3) is 23.0 Å². The fourth-order valence-electron chi connectivity index (χ4n) is 2.31. The van der Waals surface area contributed by atoms with E-state index in [0.717, 1.165) is 18.5 Å². The Morgan fingerprint density at radius 1 is 1.20 bits per heavy atom. The number of nitrogens with zero attached hydrogens (tertiary/aromatic N) is 4. The first-order valence-electron chi connectivity index (χ1n) is 6.37. The minimum absolute atomic E-state index is 0.473. The quantitative estimate of drug-likeness (QED) is 0.765. The van der Waals surface area contributed by atoms with Gasteiger partial charge in [0.1, 0.15) is 12.0 Å². The zero-order chi connectivity index (χ0) is 13.4. The van der Waals surface area contributed by atoms with Crippen molar-refractivity contribution in [2.24, 2.45) is 0 Å². The minimum atomic E-state index is 0.473. The third kappa shape index (κ3) is 1.82. The van der Waals surface area contributed by atoms with Crippen molar-refractivity contribution in [1.29, 1.82) is 0 Å². The summed E-state index contributed by atoms with van der Waals surface area (Å²) in [6, 6.07) is 7.87. The van der Waals surface area contributed by atoms with Crippen LogP contribution in [0, 0.1) is 0 Å². The van der Waals surface area contributed by atoms with Gasteiger partial charge in [0.15, 0.2) is 0 Å². The SMILES string of the molecule is c1cc(-c2noc(-c3ccc4c(c3)CCN4)n2)ncn1. The van der Waals surface area contributed by atoms with E-state index in [0.29, 0.717) is 17.4 Å². The normalized spacial score (nSPS) is 13.0. The highest BCUT2D eigenvalue weighted by Crippen LogP contribution is 2.28. The molecule has 6 heteroatoms. The lowest BCUT2D eigenvalue weighted by molar-refractivity contribution is 0.432. The van der Waals surface area contributed by atoms with Gasteiger partial charge in [0.05, 0.1) is 0 Å². The summed E-state index contributed by atoms with van der Waals surface area (Å²) in [5.41, 5.74) is 4.05. The maximum Gasteiger partial charge on any atom is 0.258 e. The van der Waals surface area contributed by atoms with Crippen LogP contribution in [0.2, 0.25) is 0 Å². The van der Waals surface area contributed by atoms with E-state index in [1.54, 1.807) is 12.3 Å². The molecule has 1 aliphatic heterocycles. The molecule has 6 nitrogen and oxygen atoms in total. The molecule has 0 unspecified atom stereocenters. The predicted molar refractivity (Wildman–Crippen MR) is 73.0 cm³/mol. The maximum atomic E-state index is 5.32. The molecule has 20 heavy (non-hydrogen) atoms. The largest absolute Gasteiger partial charge is 0.384 e. The van der Waals surface area contributed by atoms with Gasteiger partial charge in [-0.3, -0.25) is 0 Å². The van der Waals surface area contributed by atoms with Gasteiger partial charge in [-0.1, -0.05) is 5.16 Å². The number of aromatic nitrogens is 4. The van der Waals surface area contributed by atoms with Crippen molar-refractivity contribution in [1.82, 2.24) is 20.1 Å². The van der Waals surface area contributed by atoms with Crippen LogP contribution >= 0.6 is 0 Å². The lowest BCUT2D eigenvalue weighted by Gasteiger charge is -2.00. The van der Waals surface area contributed by atoms with Gasteiger partial charge in [-0.25, -0.2) is 9.97 Å². The van der Waals surface area contributed by atoms with E-state index < -0.39 is 0 Å². The fraction of sp³-hybridized carbons (Fsp3) is 0.143. The van der Waals surface area contributed by atoms with Crippen LogP contribution in [0.3, 0.4) is 0 Å². The van der Waals surface area contributed by atoms with Gasteiger partial charge < -0.3 is 9.84 Å². The molecule has 1 aromatic carbocycles. The van der Waals surface area contributed by atoms with Gasteiger partial charge in [-0.05, 0) is 36.2 Å². The first kappa shape index (κ1) is 11.1. The Labute approximate surface area is 114 Å². The molecule has 0 atom stereocenters. The number of rotatable bonds is 2. The molecule has 4 rings (SSSR count). The Morgan fingerprint density at radius 3 is 3.10 bits per heavy atom. The van der Waals surface area contributed by atoms with Gasteiger partial charge >= 0.3 is 0 Å². The summed E-state index contributed by atoms with van der Waals surface area (Å²) >= 11 is 0. The summed E-state index contributed by atoms with van der Waals surface area (Å²) < 4.78 is 5.32. The second kappa shape index (κ2) is 4.41. The summed E-state index contributed by atoms with van der Waals surface area (Å²) in [6.45, 7) is 0.981. The van der Waals surface area contributed by atoms with Crippen LogP contribution in [-0.2, 0) is 6.42 Å². The van der Waals surface area contributed by atoms with Gasteiger partial charge in [-0.15, -0.1) is 0 Å². The maximum absolute atomic E-state index is 5.32. The molecule has 3 aromatic rings. The average Bonchev–Trinajstić information content (AvgIpc) is 3.16. The Morgan fingerprint density at radius 2 is 2.20 bits per heavy atom. The van der Waals surface area contributed by atoms with E-state index in [1.165, 1.54) is 17.6 Å². The lowest BCUT2D eigenvalue weighted by atomic mass is 10.1. The number of hydrogen-bond donors (Lipinski definition) is 1. The van der Waals surface area contributed by atoms with Crippen molar-refractivity contribution in [3.05, 3.63) is 42.4 Å². The number of benzene rings is 1. The van der Waals surface area contributed by atoms with Gasteiger partial charge in [0.25, 0.3) is 5.89 Å². The molecule has 1 N–H and O–H groups in total. The third-order valence-electron chi connectivity index (χ3n) is 3.30. The molecule has 0 saturated heterocycles. The van der Waals surface area contributed by atoms with Gasteiger partial charge in [0, 0.05) is 24.0 Å². The summed E-state index contributed by atoms with van der Waals surface area (Å²) in [6.07, 6.45) is 4.14. The van der Waals surface area contributed by atoms with Crippen molar-refractivity contribution in [3.63, 3.8) is 0 Å². The topological polar surface area (TPSA) is 76.7 Å². The highest BCUT2D eigenvalue weighted by atomic mass is 16.5. The molecule has 3 heterocycles. The molecule has 0 spiro atoms. The van der Waals surface area contributed by atoms with Gasteiger partial charge in [0.2, 0.25) is 5.82 Å². The molecule has 0 radical (unpaired) electrons. The molecule has 1 aliphatic rings. The van der Waals surface area contributed by atoms with Crippen LogP contribution < -0.4 is 5.32 Å². The van der Waals surface area contributed by atoms with E-state index in [-0.39, 0.29) is 0 Å². The van der Waals surface area contributed by atoms with Crippen molar-refractivity contribution < 1.29 is 4.52 Å². The van der Waals surface area contributed by atoms with Crippen molar-refractivity contribution in [2.75, 3.05) is 11.9 Å². The van der Waals surface area contributed by atoms with Gasteiger partial charge in [-0.2, -0.15) is 4.98 Å². The van der Waals surface area contributed by atoms with Crippen LogP contribution in [0.4, 0.5) is 5.69 Å². The van der Waals surface area contributed by atoms with Crippen LogP contribution in [0.1, 0.15) is 5.56 Å². The Hall–Kier alpha value is -2.76. The summed E-state index contributed by atoms with van der Waals surface area (Å²) in [5.74, 6) is 0.981. The standard InChI is InChI=1S/C14H11N5O/c1-2-11-9(3-6-16-11)7-10(1)14-18-13(19-20-14)12-4-5-15-8-17-12/h1-2,4-5,7-8,16H,3,6H2. The monoisotopic (exact) mass is 265 g/mol. The molecular formula is C14H11N5O. The van der Waals surface area contributed by atoms with E-state index in [4.69, 9.17) is 4.52 Å². The Kier molecular flexibility index (Phi) is 2.45. The average molecular weight is 265 g/mol. The smallest absolute Gasteiger partial charge is 0.258 e. The predicted octanol–water partition coefficient (Wildman–Crippen LogP) is 2.16. The molecule has 0 fully saturated rings. The van der Waals surface area contributed by atoms with Crippen molar-refractivity contribution in [3.8, 4) is 23.0 Å². The van der Waals surface area contributed by atoms with E-state index in [9.17, 15) is 0 Å². The molecule has 0 saturated carbocycles.